The van der Waals surface area contributed by atoms with E-state index in [0.717, 1.165) is 51.4 Å². The van der Waals surface area contributed by atoms with Crippen molar-refractivity contribution < 1.29 is 29.3 Å². The van der Waals surface area contributed by atoms with Crippen molar-refractivity contribution in [1.29, 1.82) is 0 Å². The topological polar surface area (TPSA) is 96.3 Å². The Kier molecular flexibility index (Phi) is 14.3. The lowest BCUT2D eigenvalue weighted by atomic mass is 9.58. The highest BCUT2D eigenvalue weighted by atomic mass is 16.5. The number of likely N-dealkylation sites (tertiary alicyclic amines) is 1. The van der Waals surface area contributed by atoms with Gasteiger partial charge < -0.3 is 19.7 Å². The molecule has 0 spiro atoms. The molecule has 2 saturated carbocycles. The van der Waals surface area contributed by atoms with Gasteiger partial charge in [0.25, 0.3) is 0 Å². The van der Waals surface area contributed by atoms with Crippen molar-refractivity contribution in [2.75, 3.05) is 13.2 Å². The molecule has 304 valence electrons. The van der Waals surface area contributed by atoms with E-state index in [1.165, 1.54) is 0 Å². The molecule has 4 unspecified atom stereocenters. The Morgan fingerprint density at radius 3 is 1.25 bits per heavy atom. The molecule has 0 amide bonds. The summed E-state index contributed by atoms with van der Waals surface area (Å²) in [5.41, 5.74) is -0.410. The Labute approximate surface area is 320 Å². The second-order valence-electron chi connectivity index (χ2n) is 23.1. The number of rotatable bonds is 10. The predicted octanol–water partition coefficient (Wildman–Crippen LogP) is 9.85. The van der Waals surface area contributed by atoms with Crippen molar-refractivity contribution in [3.05, 3.63) is 0 Å². The molecular weight excluding hydrogens is 650 g/mol. The van der Waals surface area contributed by atoms with E-state index in [4.69, 9.17) is 9.47 Å². The zero-order chi connectivity index (χ0) is 39.8. The summed E-state index contributed by atoms with van der Waals surface area (Å²) < 4.78 is 12.0. The number of carbonyl (C=O) groups excluding carboxylic acids is 2. The maximum atomic E-state index is 13.3. The Bertz CT molecular complexity index is 1110. The monoisotopic (exact) mass is 734 g/mol. The van der Waals surface area contributed by atoms with E-state index in [1.807, 2.05) is 0 Å². The van der Waals surface area contributed by atoms with Crippen LogP contribution in [0.5, 0.6) is 0 Å². The maximum absolute atomic E-state index is 13.3. The molecule has 0 aromatic heterocycles. The Morgan fingerprint density at radius 2 is 0.923 bits per heavy atom. The van der Waals surface area contributed by atoms with Gasteiger partial charge in [-0.1, -0.05) is 83.1 Å². The molecule has 1 heterocycles. The molecular formula is C45H83NO6. The van der Waals surface area contributed by atoms with Gasteiger partial charge in [-0.05, 0) is 123 Å². The first kappa shape index (κ1) is 45.2. The molecule has 1 aliphatic heterocycles. The van der Waals surface area contributed by atoms with Gasteiger partial charge in [0.1, 0.15) is 12.7 Å². The number of piperidine rings is 1. The summed E-state index contributed by atoms with van der Waals surface area (Å²) >= 11 is 0. The van der Waals surface area contributed by atoms with Crippen LogP contribution >= 0.6 is 0 Å². The zero-order valence-corrected chi connectivity index (χ0v) is 36.7. The summed E-state index contributed by atoms with van der Waals surface area (Å²) in [6.45, 7) is 36.5. The quantitative estimate of drug-likeness (QED) is 0.216. The standard InChI is InChI=1S/C45H83NO6/c1-40(2,3)32-23-29(24-33(38(32)49)41(4,5)6)17-19-36(47)51-22-21-46-44(13,14)27-31(28-45(46,15)16)52-37(48)20-18-30-25-34(42(7,8)9)39(50)35(26-30)43(10,11)12/h29-35,38-39,49-50H,17-28H2,1-16H3. The van der Waals surface area contributed by atoms with Crippen molar-refractivity contribution in [3.8, 4) is 0 Å². The zero-order valence-electron chi connectivity index (χ0n) is 36.7. The van der Waals surface area contributed by atoms with E-state index in [-0.39, 0.29) is 86.7 Å². The van der Waals surface area contributed by atoms with Crippen LogP contribution in [0.2, 0.25) is 0 Å². The first-order chi connectivity index (χ1) is 23.4. The van der Waals surface area contributed by atoms with Crippen LogP contribution in [0, 0.1) is 57.2 Å². The van der Waals surface area contributed by atoms with Gasteiger partial charge in [-0.2, -0.15) is 0 Å². The van der Waals surface area contributed by atoms with Crippen molar-refractivity contribution in [2.45, 2.75) is 204 Å². The smallest absolute Gasteiger partial charge is 0.306 e. The highest BCUT2D eigenvalue weighted by Gasteiger charge is 2.49. The van der Waals surface area contributed by atoms with E-state index in [0.29, 0.717) is 37.8 Å². The average molecular weight is 734 g/mol. The van der Waals surface area contributed by atoms with Crippen molar-refractivity contribution in [2.24, 2.45) is 57.2 Å². The fourth-order valence-corrected chi connectivity index (χ4v) is 10.8. The molecule has 3 aliphatic rings. The third kappa shape index (κ3) is 11.9. The van der Waals surface area contributed by atoms with Crippen molar-refractivity contribution in [1.82, 2.24) is 4.90 Å². The van der Waals surface area contributed by atoms with Crippen LogP contribution in [-0.2, 0) is 19.1 Å². The van der Waals surface area contributed by atoms with Crippen molar-refractivity contribution in [3.63, 3.8) is 0 Å². The number of hydrogen-bond donors (Lipinski definition) is 2. The minimum absolute atomic E-state index is 0.0119. The Morgan fingerprint density at radius 1 is 0.596 bits per heavy atom. The second-order valence-corrected chi connectivity index (χ2v) is 23.1. The third-order valence-corrected chi connectivity index (χ3v) is 13.8. The molecule has 3 fully saturated rings. The van der Waals surface area contributed by atoms with Gasteiger partial charge in [-0.25, -0.2) is 0 Å². The van der Waals surface area contributed by atoms with E-state index < -0.39 is 0 Å². The number of carbonyl (C=O) groups is 2. The maximum Gasteiger partial charge on any atom is 0.306 e. The van der Waals surface area contributed by atoms with Gasteiger partial charge >= 0.3 is 11.9 Å². The molecule has 4 atom stereocenters. The summed E-state index contributed by atoms with van der Waals surface area (Å²) in [5, 5.41) is 22.6. The largest absolute Gasteiger partial charge is 0.464 e. The van der Waals surface area contributed by atoms with Crippen LogP contribution in [0.3, 0.4) is 0 Å². The van der Waals surface area contributed by atoms with E-state index in [9.17, 15) is 19.8 Å². The summed E-state index contributed by atoms with van der Waals surface area (Å²) in [7, 11) is 0. The number of aliphatic hydroxyl groups excluding tert-OH is 2. The fraction of sp³-hybridized carbons (Fsp3) is 0.956. The van der Waals surface area contributed by atoms with Crippen LogP contribution in [0.1, 0.15) is 175 Å². The minimum atomic E-state index is -0.318. The second kappa shape index (κ2) is 16.5. The van der Waals surface area contributed by atoms with Gasteiger partial charge in [0, 0.05) is 43.3 Å². The molecule has 1 saturated heterocycles. The molecule has 0 aromatic carbocycles. The van der Waals surface area contributed by atoms with Crippen LogP contribution in [0.4, 0.5) is 0 Å². The SMILES string of the molecule is CC(C)(C)C1CC(CCC(=O)OCCN2C(C)(C)CC(OC(=O)CCC3CC(C(C)(C)C)C(O)C(C(C)(C)C)C3)CC2(C)C)CC(C(C)(C)C)C1O. The number of esters is 2. The highest BCUT2D eigenvalue weighted by molar-refractivity contribution is 5.69. The van der Waals surface area contributed by atoms with Crippen LogP contribution in [0.25, 0.3) is 0 Å². The molecule has 3 rings (SSSR count). The lowest BCUT2D eigenvalue weighted by Gasteiger charge is -2.54. The molecule has 0 bridgehead atoms. The molecule has 0 radical (unpaired) electrons. The average Bonchev–Trinajstić information content (AvgIpc) is 2.94. The summed E-state index contributed by atoms with van der Waals surface area (Å²) in [6.07, 6.45) is 6.92. The predicted molar refractivity (Wildman–Crippen MR) is 213 cm³/mol. The molecule has 0 aromatic rings. The lowest BCUT2D eigenvalue weighted by molar-refractivity contribution is -0.163. The van der Waals surface area contributed by atoms with Crippen LogP contribution < -0.4 is 0 Å². The molecule has 7 heteroatoms. The van der Waals surface area contributed by atoms with Crippen molar-refractivity contribution >= 4 is 11.9 Å². The summed E-state index contributed by atoms with van der Waals surface area (Å²) in [5.74, 6) is 1.41. The molecule has 2 N–H and O–H groups in total. The first-order valence-electron chi connectivity index (χ1n) is 20.9. The van der Waals surface area contributed by atoms with E-state index in [2.05, 4.69) is 116 Å². The van der Waals surface area contributed by atoms with Gasteiger partial charge in [0.05, 0.1) is 12.2 Å². The Hall–Kier alpha value is -1.18. The van der Waals surface area contributed by atoms with Gasteiger partial charge in [0.2, 0.25) is 0 Å². The molecule has 7 nitrogen and oxygen atoms in total. The highest BCUT2D eigenvalue weighted by Crippen LogP contribution is 2.51. The summed E-state index contributed by atoms with van der Waals surface area (Å²) in [4.78, 5) is 28.7. The molecule has 52 heavy (non-hydrogen) atoms. The summed E-state index contributed by atoms with van der Waals surface area (Å²) in [6, 6.07) is 0. The van der Waals surface area contributed by atoms with Gasteiger partial charge in [-0.15, -0.1) is 0 Å². The number of hydrogen-bond acceptors (Lipinski definition) is 7. The van der Waals surface area contributed by atoms with E-state index in [1.54, 1.807) is 0 Å². The third-order valence-electron chi connectivity index (χ3n) is 13.8. The first-order valence-corrected chi connectivity index (χ1v) is 20.9. The minimum Gasteiger partial charge on any atom is -0.464 e. The Balaban J connectivity index is 1.50. The van der Waals surface area contributed by atoms with Crippen LogP contribution in [0.15, 0.2) is 0 Å². The van der Waals surface area contributed by atoms with Gasteiger partial charge in [-0.3, -0.25) is 14.5 Å². The van der Waals surface area contributed by atoms with E-state index >= 15 is 0 Å². The number of nitrogens with zero attached hydrogens (tertiary/aromatic N) is 1. The normalized spacial score (nSPS) is 32.3. The lowest BCUT2D eigenvalue weighted by Crippen LogP contribution is -2.63. The number of aliphatic hydroxyl groups is 2. The van der Waals surface area contributed by atoms with Crippen LogP contribution in [-0.4, -0.2) is 69.6 Å². The van der Waals surface area contributed by atoms with Gasteiger partial charge in [0.15, 0.2) is 0 Å². The fourth-order valence-electron chi connectivity index (χ4n) is 10.8. The molecule has 2 aliphatic carbocycles. The number of ether oxygens (including phenoxy) is 2.